The maximum Gasteiger partial charge on any atom is 0.311 e. The second-order valence-electron chi connectivity index (χ2n) is 4.33. The van der Waals surface area contributed by atoms with Crippen molar-refractivity contribution in [3.63, 3.8) is 0 Å². The molecule has 3 heteroatoms. The maximum absolute atomic E-state index is 11.3. The van der Waals surface area contributed by atoms with E-state index in [0.29, 0.717) is 19.4 Å². The fourth-order valence-corrected chi connectivity index (χ4v) is 0.792. The molecular weight excluding hydrogens is 180 g/mol. The quantitative estimate of drug-likeness (QED) is 0.419. The van der Waals surface area contributed by atoms with Crippen molar-refractivity contribution in [1.29, 1.82) is 0 Å². The molecule has 1 N–H and O–H groups in total. The minimum absolute atomic E-state index is 0.203. The van der Waals surface area contributed by atoms with Gasteiger partial charge in [0.15, 0.2) is 0 Å². The van der Waals surface area contributed by atoms with E-state index in [2.05, 4.69) is 6.58 Å². The van der Waals surface area contributed by atoms with Crippen LogP contribution in [0.5, 0.6) is 0 Å². The number of esters is 1. The van der Waals surface area contributed by atoms with E-state index in [1.807, 2.05) is 20.8 Å². The topological polar surface area (TPSA) is 46.5 Å². The van der Waals surface area contributed by atoms with E-state index in [1.54, 1.807) is 0 Å². The maximum atomic E-state index is 11.3. The minimum atomic E-state index is -0.497. The van der Waals surface area contributed by atoms with E-state index in [9.17, 15) is 4.79 Å². The molecule has 82 valence electrons. The molecule has 0 amide bonds. The lowest BCUT2D eigenvalue weighted by Gasteiger charge is -2.16. The third-order valence-corrected chi connectivity index (χ3v) is 1.76. The van der Waals surface area contributed by atoms with Crippen LogP contribution < -0.4 is 0 Å². The highest BCUT2D eigenvalue weighted by Gasteiger charge is 2.22. The number of rotatable bonds is 5. The molecule has 0 aliphatic rings. The van der Waals surface area contributed by atoms with Crippen molar-refractivity contribution >= 4 is 5.97 Å². The largest absolute Gasteiger partial charge is 0.465 e. The van der Waals surface area contributed by atoms with E-state index in [4.69, 9.17) is 9.84 Å². The first kappa shape index (κ1) is 13.2. The van der Waals surface area contributed by atoms with Gasteiger partial charge in [-0.1, -0.05) is 6.08 Å². The molecule has 0 aliphatic heterocycles. The summed E-state index contributed by atoms with van der Waals surface area (Å²) in [6.45, 7) is 9.26. The van der Waals surface area contributed by atoms with Gasteiger partial charge in [0.05, 0.1) is 18.1 Å². The van der Waals surface area contributed by atoms with Gasteiger partial charge in [0.2, 0.25) is 0 Å². The Balaban J connectivity index is 3.56. The Hall–Kier alpha value is -0.830. The summed E-state index contributed by atoms with van der Waals surface area (Å²) >= 11 is 0. The molecule has 0 saturated heterocycles. The summed E-state index contributed by atoms with van der Waals surface area (Å²) in [6, 6.07) is 0. The van der Waals surface area contributed by atoms with Crippen molar-refractivity contribution in [2.45, 2.75) is 39.7 Å². The van der Waals surface area contributed by atoms with Gasteiger partial charge >= 0.3 is 5.97 Å². The Morgan fingerprint density at radius 3 is 2.57 bits per heavy atom. The normalized spacial score (nSPS) is 13.4. The van der Waals surface area contributed by atoms with Crippen LogP contribution in [0.25, 0.3) is 0 Å². The van der Waals surface area contributed by atoms with Crippen LogP contribution in [0.15, 0.2) is 12.7 Å². The molecule has 3 nitrogen and oxygen atoms in total. The van der Waals surface area contributed by atoms with Crippen LogP contribution in [-0.2, 0) is 9.53 Å². The summed E-state index contributed by atoms with van der Waals surface area (Å²) in [7, 11) is 0. The predicted octanol–water partition coefficient (Wildman–Crippen LogP) is 1.90. The molecule has 0 spiro atoms. The van der Waals surface area contributed by atoms with Gasteiger partial charge in [-0.15, -0.1) is 6.58 Å². The van der Waals surface area contributed by atoms with Gasteiger partial charge in [-0.3, -0.25) is 4.79 Å². The van der Waals surface area contributed by atoms with Crippen molar-refractivity contribution in [1.82, 2.24) is 0 Å². The van der Waals surface area contributed by atoms with Crippen LogP contribution in [0.1, 0.15) is 33.6 Å². The summed E-state index contributed by atoms with van der Waals surface area (Å²) in [5.41, 5.74) is -0.447. The molecule has 0 saturated carbocycles. The lowest BCUT2D eigenvalue weighted by atomic mass is 9.97. The third-order valence-electron chi connectivity index (χ3n) is 1.76. The second kappa shape index (κ2) is 5.81. The van der Waals surface area contributed by atoms with Crippen LogP contribution in [0.3, 0.4) is 0 Å². The van der Waals surface area contributed by atoms with E-state index < -0.39 is 11.5 Å². The predicted molar refractivity (Wildman–Crippen MR) is 55.9 cm³/mol. The molecule has 14 heavy (non-hydrogen) atoms. The van der Waals surface area contributed by atoms with Crippen LogP contribution in [0, 0.1) is 5.41 Å². The van der Waals surface area contributed by atoms with Gasteiger partial charge in [-0.2, -0.15) is 0 Å². The first-order valence-corrected chi connectivity index (χ1v) is 4.85. The van der Waals surface area contributed by atoms with E-state index in [-0.39, 0.29) is 5.97 Å². The average molecular weight is 200 g/mol. The SMILES string of the molecule is C=CC(O)CCCOC(=O)C(C)(C)C. The lowest BCUT2D eigenvalue weighted by Crippen LogP contribution is -2.23. The number of carbonyl (C=O) groups is 1. The number of carbonyl (C=O) groups excluding carboxylic acids is 1. The Labute approximate surface area is 85.8 Å². The monoisotopic (exact) mass is 200 g/mol. The number of hydrogen-bond acceptors (Lipinski definition) is 3. The van der Waals surface area contributed by atoms with E-state index in [1.165, 1.54) is 6.08 Å². The zero-order valence-corrected chi connectivity index (χ0v) is 9.25. The Morgan fingerprint density at radius 1 is 1.57 bits per heavy atom. The summed E-state index contributed by atoms with van der Waals surface area (Å²) in [5, 5.41) is 9.12. The third kappa shape index (κ3) is 5.75. The highest BCUT2D eigenvalue weighted by atomic mass is 16.5. The molecule has 1 unspecified atom stereocenters. The number of ether oxygens (including phenoxy) is 1. The van der Waals surface area contributed by atoms with Crippen LogP contribution in [0.4, 0.5) is 0 Å². The number of aliphatic hydroxyl groups excluding tert-OH is 1. The van der Waals surface area contributed by atoms with Gasteiger partial charge < -0.3 is 9.84 Å². The summed E-state index contributed by atoms with van der Waals surface area (Å²) in [6.07, 6.45) is 2.23. The Morgan fingerprint density at radius 2 is 2.14 bits per heavy atom. The van der Waals surface area contributed by atoms with Gasteiger partial charge in [0.1, 0.15) is 0 Å². The van der Waals surface area contributed by atoms with Crippen molar-refractivity contribution < 1.29 is 14.6 Å². The van der Waals surface area contributed by atoms with Gasteiger partial charge in [0.25, 0.3) is 0 Å². The van der Waals surface area contributed by atoms with E-state index >= 15 is 0 Å². The average Bonchev–Trinajstić information content (AvgIpc) is 2.09. The molecule has 0 aromatic heterocycles. The molecule has 0 rings (SSSR count). The Bertz CT molecular complexity index is 191. The minimum Gasteiger partial charge on any atom is -0.465 e. The van der Waals surface area contributed by atoms with Gasteiger partial charge in [0, 0.05) is 0 Å². The lowest BCUT2D eigenvalue weighted by molar-refractivity contribution is -0.153. The zero-order valence-electron chi connectivity index (χ0n) is 9.25. The number of hydrogen-bond donors (Lipinski definition) is 1. The molecule has 0 fully saturated rings. The molecule has 1 atom stereocenters. The zero-order chi connectivity index (χ0) is 11.2. The molecule has 0 bridgehead atoms. The molecule has 0 aliphatic carbocycles. The van der Waals surface area contributed by atoms with Crippen molar-refractivity contribution in [2.24, 2.45) is 5.41 Å². The smallest absolute Gasteiger partial charge is 0.311 e. The first-order chi connectivity index (χ1) is 6.38. The van der Waals surface area contributed by atoms with Gasteiger partial charge in [-0.25, -0.2) is 0 Å². The second-order valence-corrected chi connectivity index (χ2v) is 4.33. The molecule has 0 radical (unpaired) electrons. The molecule has 0 heterocycles. The highest BCUT2D eigenvalue weighted by molar-refractivity contribution is 5.75. The van der Waals surface area contributed by atoms with Crippen LogP contribution in [-0.4, -0.2) is 23.8 Å². The molecular formula is C11H20O3. The standard InChI is InChI=1S/C11H20O3/c1-5-9(12)7-6-8-14-10(13)11(2,3)4/h5,9,12H,1,6-8H2,2-4H3. The van der Waals surface area contributed by atoms with Crippen LogP contribution in [0.2, 0.25) is 0 Å². The van der Waals surface area contributed by atoms with Gasteiger partial charge in [-0.05, 0) is 33.6 Å². The molecule has 0 aromatic carbocycles. The van der Waals surface area contributed by atoms with E-state index in [0.717, 1.165) is 0 Å². The van der Waals surface area contributed by atoms with Crippen molar-refractivity contribution in [3.8, 4) is 0 Å². The van der Waals surface area contributed by atoms with Crippen molar-refractivity contribution in [2.75, 3.05) is 6.61 Å². The van der Waals surface area contributed by atoms with Crippen LogP contribution >= 0.6 is 0 Å². The highest BCUT2D eigenvalue weighted by Crippen LogP contribution is 2.15. The first-order valence-electron chi connectivity index (χ1n) is 4.85. The summed E-state index contributed by atoms with van der Waals surface area (Å²) < 4.78 is 5.02. The summed E-state index contributed by atoms with van der Waals surface area (Å²) in [4.78, 5) is 11.3. The fourth-order valence-electron chi connectivity index (χ4n) is 0.792. The Kier molecular flexibility index (Phi) is 5.46. The molecule has 0 aromatic rings. The number of aliphatic hydroxyl groups is 1. The fraction of sp³-hybridized carbons (Fsp3) is 0.727. The van der Waals surface area contributed by atoms with Crippen molar-refractivity contribution in [3.05, 3.63) is 12.7 Å². The summed E-state index contributed by atoms with van der Waals surface area (Å²) in [5.74, 6) is -0.203.